The Labute approximate surface area is 304 Å². The number of fused-ring (bicyclic) bond motifs is 1. The average molecular weight is 701 g/mol. The lowest BCUT2D eigenvalue weighted by Crippen LogP contribution is -2.48. The first-order valence-electron chi connectivity index (χ1n) is 19.3. The van der Waals surface area contributed by atoms with Crippen molar-refractivity contribution in [2.24, 2.45) is 0 Å². The number of aldehydes is 1. The Hall–Kier alpha value is -2.92. The number of amides is 2. The molecule has 2 atom stereocenters. The minimum Gasteiger partial charge on any atom is -0.506 e. The molecule has 2 aliphatic carbocycles. The number of benzene rings is 1. The average Bonchev–Trinajstić information content (AvgIpc) is 3.29. The van der Waals surface area contributed by atoms with Crippen molar-refractivity contribution in [3.8, 4) is 5.75 Å². The molecule has 1 aromatic rings. The number of carbonyl (C=O) groups excluding carboxylic acids is 2. The first kappa shape index (κ1) is 45.1. The Morgan fingerprint density at radius 2 is 1.76 bits per heavy atom. The molecule has 0 radical (unpaired) electrons. The summed E-state index contributed by atoms with van der Waals surface area (Å²) < 4.78 is 0. The first-order valence-corrected chi connectivity index (χ1v) is 19.3. The van der Waals surface area contributed by atoms with Crippen LogP contribution >= 0.6 is 0 Å². The number of carbonyl (C=O) groups is 2. The molecule has 0 bridgehead atoms. The summed E-state index contributed by atoms with van der Waals surface area (Å²) in [6.07, 6.45) is 22.9. The number of nitrogens with two attached hydrogens (primary N) is 1. The van der Waals surface area contributed by atoms with E-state index < -0.39 is 0 Å². The van der Waals surface area contributed by atoms with E-state index in [9.17, 15) is 4.79 Å². The van der Waals surface area contributed by atoms with Crippen LogP contribution < -0.4 is 16.5 Å². The van der Waals surface area contributed by atoms with Gasteiger partial charge in [0.15, 0.2) is 0 Å². The molecule has 6 N–H and O–H groups in total. The van der Waals surface area contributed by atoms with E-state index in [0.29, 0.717) is 12.2 Å². The summed E-state index contributed by atoms with van der Waals surface area (Å²) in [6, 6.07) is 4.91. The number of nitrogen functional groups attached to an aromatic ring is 1. The maximum absolute atomic E-state index is 12.6. The standard InChI is InChI=1S/C17H29N3O2.C11H22N2.C8H11NO.C2H4O.C2H6/c1-2-3-4-8-15(10-12-18-22)20-13-11-14-7-5-6-9-16(14)19-17(20)21;1-12-8-5-9-13(10-12)11-6-3-2-4-7-11;1-5-3-6(2)8(9)7(10)4-5;1-2-3;1-2/h5-7,15-16,18,22H,2-4,8-13H2,1H3,(H,19,21);11H,2-10H2,1H3;3-4,10H,9H2,1-2H3;2H,1H3;1-2H3. The van der Waals surface area contributed by atoms with Crippen molar-refractivity contribution >= 4 is 18.0 Å². The van der Waals surface area contributed by atoms with Gasteiger partial charge in [0.1, 0.15) is 12.0 Å². The predicted molar refractivity (Wildman–Crippen MR) is 209 cm³/mol. The van der Waals surface area contributed by atoms with Crippen molar-refractivity contribution in [1.82, 2.24) is 25.5 Å². The van der Waals surface area contributed by atoms with Gasteiger partial charge in [-0.3, -0.25) is 9.80 Å². The van der Waals surface area contributed by atoms with Crippen LogP contribution in [-0.2, 0) is 4.79 Å². The minimum absolute atomic E-state index is 0.0446. The highest BCUT2D eigenvalue weighted by Crippen LogP contribution is 2.26. The van der Waals surface area contributed by atoms with Crippen LogP contribution in [0, 0.1) is 13.8 Å². The third-order valence-electron chi connectivity index (χ3n) is 9.65. The fourth-order valence-corrected chi connectivity index (χ4v) is 7.03. The Bertz CT molecular complexity index is 1110. The Kier molecular flexibility index (Phi) is 24.2. The monoisotopic (exact) mass is 701 g/mol. The Morgan fingerprint density at radius 3 is 2.38 bits per heavy atom. The van der Waals surface area contributed by atoms with Crippen molar-refractivity contribution in [3.05, 3.63) is 47.1 Å². The SMILES string of the molecule is CC.CC=O.CCCCCC(CCNO)N1CCC2=CC=CCC2NC1=O.CN1CCCN(C2CCCCC2)C1.Cc1cc(C)c(N)c(O)c1. The van der Waals surface area contributed by atoms with Crippen LogP contribution in [0.4, 0.5) is 10.5 Å². The van der Waals surface area contributed by atoms with Gasteiger partial charge in [-0.15, -0.1) is 0 Å². The lowest BCUT2D eigenvalue weighted by molar-refractivity contribution is -0.106. The maximum Gasteiger partial charge on any atom is 0.318 e. The van der Waals surface area contributed by atoms with Crippen LogP contribution in [0.2, 0.25) is 0 Å². The number of hydrogen-bond donors (Lipinski definition) is 5. The second kappa shape index (κ2) is 26.8. The van der Waals surface area contributed by atoms with E-state index in [-0.39, 0.29) is 23.9 Å². The highest BCUT2D eigenvalue weighted by Gasteiger charge is 2.30. The predicted octanol–water partition coefficient (Wildman–Crippen LogP) is 7.71. The largest absolute Gasteiger partial charge is 0.506 e. The summed E-state index contributed by atoms with van der Waals surface area (Å²) in [5, 5.41) is 21.2. The number of aryl methyl sites for hydroxylation is 2. The molecule has 3 fully saturated rings. The summed E-state index contributed by atoms with van der Waals surface area (Å²) in [6.45, 7) is 16.6. The summed E-state index contributed by atoms with van der Waals surface area (Å²) in [4.78, 5) is 28.5. The Morgan fingerprint density at radius 1 is 1.06 bits per heavy atom. The number of urea groups is 1. The topological polar surface area (TPSA) is 134 Å². The van der Waals surface area contributed by atoms with Crippen molar-refractivity contribution in [1.29, 1.82) is 0 Å². The first-order chi connectivity index (χ1) is 24.1. The zero-order chi connectivity index (χ0) is 37.3. The molecular formula is C40H72N6O4. The molecule has 1 aromatic carbocycles. The van der Waals surface area contributed by atoms with E-state index in [2.05, 4.69) is 52.8 Å². The van der Waals surface area contributed by atoms with E-state index in [1.165, 1.54) is 83.6 Å². The number of nitrogens with one attached hydrogen (secondary N) is 2. The van der Waals surface area contributed by atoms with Crippen molar-refractivity contribution in [2.75, 3.05) is 45.6 Å². The van der Waals surface area contributed by atoms with Gasteiger partial charge in [0.05, 0.1) is 18.4 Å². The molecule has 4 aliphatic rings. The Balaban J connectivity index is 0.000000378. The number of hydrogen-bond acceptors (Lipinski definition) is 8. The third kappa shape index (κ3) is 16.9. The van der Waals surface area contributed by atoms with E-state index in [1.807, 2.05) is 38.7 Å². The molecule has 10 heteroatoms. The lowest BCUT2D eigenvalue weighted by Gasteiger charge is -2.40. The van der Waals surface area contributed by atoms with Crippen LogP contribution in [0.25, 0.3) is 0 Å². The molecule has 1 saturated carbocycles. The van der Waals surface area contributed by atoms with E-state index in [1.54, 1.807) is 6.07 Å². The number of phenols is 1. The normalized spacial score (nSPS) is 19.9. The zero-order valence-electron chi connectivity index (χ0n) is 32.6. The lowest BCUT2D eigenvalue weighted by atomic mass is 9.94. The third-order valence-corrected chi connectivity index (χ3v) is 9.65. The molecule has 5 rings (SSSR count). The number of hydroxylamine groups is 1. The summed E-state index contributed by atoms with van der Waals surface area (Å²) in [5.74, 6) is 0.178. The fraction of sp³-hybridized carbons (Fsp3) is 0.700. The van der Waals surface area contributed by atoms with Gasteiger partial charge in [-0.05, 0) is 95.5 Å². The van der Waals surface area contributed by atoms with E-state index in [0.717, 1.165) is 62.1 Å². The smallest absolute Gasteiger partial charge is 0.318 e. The van der Waals surface area contributed by atoms with Gasteiger partial charge in [0.25, 0.3) is 0 Å². The van der Waals surface area contributed by atoms with Gasteiger partial charge in [0, 0.05) is 38.3 Å². The second-order valence-electron chi connectivity index (χ2n) is 13.6. The summed E-state index contributed by atoms with van der Waals surface area (Å²) in [5.41, 5.74) is 11.5. The van der Waals surface area contributed by atoms with Crippen LogP contribution in [0.15, 0.2) is 35.9 Å². The molecule has 2 saturated heterocycles. The highest BCUT2D eigenvalue weighted by molar-refractivity contribution is 5.76. The molecule has 2 aliphatic heterocycles. The van der Waals surface area contributed by atoms with E-state index >= 15 is 0 Å². The molecule has 0 aromatic heterocycles. The molecular weight excluding hydrogens is 628 g/mol. The molecule has 50 heavy (non-hydrogen) atoms. The number of rotatable bonds is 9. The number of allylic oxidation sites excluding steroid dienone is 2. The number of anilines is 1. The zero-order valence-corrected chi connectivity index (χ0v) is 32.6. The molecule has 2 amide bonds. The second-order valence-corrected chi connectivity index (χ2v) is 13.6. The van der Waals surface area contributed by atoms with Crippen molar-refractivity contribution in [2.45, 2.75) is 143 Å². The van der Waals surface area contributed by atoms with Crippen LogP contribution in [0.1, 0.15) is 122 Å². The number of unbranched alkanes of at least 4 members (excludes halogenated alkanes) is 2. The summed E-state index contributed by atoms with van der Waals surface area (Å²) >= 11 is 0. The number of phenolic OH excluding ortho intramolecular Hbond substituents is 1. The van der Waals surface area contributed by atoms with E-state index in [4.69, 9.17) is 20.8 Å². The highest BCUT2D eigenvalue weighted by atomic mass is 16.5. The molecule has 10 nitrogen and oxygen atoms in total. The van der Waals surface area contributed by atoms with Gasteiger partial charge in [0.2, 0.25) is 0 Å². The van der Waals surface area contributed by atoms with Crippen molar-refractivity contribution < 1.29 is 19.9 Å². The molecule has 286 valence electrons. The van der Waals surface area contributed by atoms with Crippen molar-refractivity contribution in [3.63, 3.8) is 0 Å². The number of nitrogens with zero attached hydrogens (tertiary/aromatic N) is 3. The van der Waals surface area contributed by atoms with Crippen LogP contribution in [0.3, 0.4) is 0 Å². The summed E-state index contributed by atoms with van der Waals surface area (Å²) in [7, 11) is 2.25. The minimum atomic E-state index is 0.0446. The molecule has 2 heterocycles. The fourth-order valence-electron chi connectivity index (χ4n) is 7.03. The number of aromatic hydroxyl groups is 1. The molecule has 0 spiro atoms. The van der Waals surface area contributed by atoms with Gasteiger partial charge < -0.3 is 31.1 Å². The maximum atomic E-state index is 12.6. The van der Waals surface area contributed by atoms with Gasteiger partial charge in [-0.2, -0.15) is 0 Å². The van der Waals surface area contributed by atoms with Crippen LogP contribution in [0.5, 0.6) is 5.75 Å². The molecule has 2 unspecified atom stereocenters. The van der Waals surface area contributed by atoms with Gasteiger partial charge >= 0.3 is 6.03 Å². The quantitative estimate of drug-likeness (QED) is 0.0582. The van der Waals surface area contributed by atoms with Gasteiger partial charge in [-0.1, -0.05) is 83.6 Å². The van der Waals surface area contributed by atoms with Crippen LogP contribution in [-0.4, -0.2) is 95.4 Å². The van der Waals surface area contributed by atoms with Gasteiger partial charge in [-0.25, -0.2) is 10.3 Å².